The summed E-state index contributed by atoms with van der Waals surface area (Å²) in [6.45, 7) is 1.68. The van der Waals surface area contributed by atoms with Crippen molar-refractivity contribution in [3.63, 3.8) is 0 Å². The number of sulfonamides is 1. The summed E-state index contributed by atoms with van der Waals surface area (Å²) in [6, 6.07) is 6.52. The summed E-state index contributed by atoms with van der Waals surface area (Å²) < 4.78 is 25.0. The van der Waals surface area contributed by atoms with E-state index in [1.165, 1.54) is 0 Å². The van der Waals surface area contributed by atoms with Crippen molar-refractivity contribution >= 4 is 43.8 Å². The maximum Gasteiger partial charge on any atom is 0.267 e. The fourth-order valence-corrected chi connectivity index (χ4v) is 2.99. The van der Waals surface area contributed by atoms with Crippen LogP contribution in [0.25, 0.3) is 0 Å². The summed E-state index contributed by atoms with van der Waals surface area (Å²) in [7, 11) is -3.44. The maximum absolute atomic E-state index is 12.2. The van der Waals surface area contributed by atoms with Gasteiger partial charge in [0.05, 0.1) is 23.3 Å². The van der Waals surface area contributed by atoms with Crippen LogP contribution in [0, 0.1) is 6.92 Å². The Balaban J connectivity index is 2.28. The molecule has 0 aliphatic carbocycles. The second kappa shape index (κ2) is 5.70. The Bertz CT molecular complexity index is 784. The average molecular weight is 326 g/mol. The van der Waals surface area contributed by atoms with Crippen molar-refractivity contribution in [2.24, 2.45) is 0 Å². The number of thiazole rings is 1. The van der Waals surface area contributed by atoms with E-state index in [0.717, 1.165) is 17.6 Å². The highest BCUT2D eigenvalue weighted by Crippen LogP contribution is 2.25. The van der Waals surface area contributed by atoms with Crippen LogP contribution in [-0.2, 0) is 10.0 Å². The molecule has 0 saturated carbocycles. The number of anilines is 3. The number of aryl methyl sites for hydroxylation is 1. The highest BCUT2D eigenvalue weighted by molar-refractivity contribution is 7.92. The average Bonchev–Trinajstić information content (AvgIpc) is 2.69. The number of nitrogens with two attached hydrogens (primary N) is 1. The number of carbonyl (C=O) groups is 1. The second-order valence-corrected chi connectivity index (χ2v) is 7.12. The third-order valence-electron chi connectivity index (χ3n) is 2.49. The quantitative estimate of drug-likeness (QED) is 0.790. The van der Waals surface area contributed by atoms with Crippen LogP contribution in [-0.4, -0.2) is 25.6 Å². The summed E-state index contributed by atoms with van der Waals surface area (Å²) in [4.78, 5) is 16.6. The van der Waals surface area contributed by atoms with E-state index in [9.17, 15) is 13.2 Å². The van der Waals surface area contributed by atoms with E-state index in [-0.39, 0.29) is 5.91 Å². The van der Waals surface area contributed by atoms with Crippen molar-refractivity contribution in [3.8, 4) is 0 Å². The zero-order valence-corrected chi connectivity index (χ0v) is 13.0. The zero-order valence-electron chi connectivity index (χ0n) is 11.4. The number of hydrogen-bond acceptors (Lipinski definition) is 6. The van der Waals surface area contributed by atoms with Gasteiger partial charge in [0, 0.05) is 0 Å². The molecule has 0 spiro atoms. The van der Waals surface area contributed by atoms with Crippen molar-refractivity contribution in [3.05, 3.63) is 34.8 Å². The molecule has 0 radical (unpaired) electrons. The molecule has 0 fully saturated rings. The molecule has 0 bridgehead atoms. The standard InChI is InChI=1S/C12H14N4O3S2/c1-7-10(20-12(13)14-7)11(17)15-8-5-3-4-6-9(8)16-21(2,18)19/h3-6,16H,1-2H3,(H2,13,14)(H,15,17). The van der Waals surface area contributed by atoms with Crippen LogP contribution < -0.4 is 15.8 Å². The van der Waals surface area contributed by atoms with Gasteiger partial charge in [-0.05, 0) is 19.1 Å². The number of benzene rings is 1. The first-order valence-corrected chi connectivity index (χ1v) is 8.58. The van der Waals surface area contributed by atoms with E-state index in [1.54, 1.807) is 31.2 Å². The molecular formula is C12H14N4O3S2. The summed E-state index contributed by atoms with van der Waals surface area (Å²) in [6.07, 6.45) is 1.04. The monoisotopic (exact) mass is 326 g/mol. The lowest BCUT2D eigenvalue weighted by molar-refractivity contribution is 0.103. The molecule has 0 unspecified atom stereocenters. The van der Waals surface area contributed by atoms with Crippen LogP contribution in [0.4, 0.5) is 16.5 Å². The third-order valence-corrected chi connectivity index (χ3v) is 4.07. The highest BCUT2D eigenvalue weighted by Gasteiger charge is 2.16. The number of para-hydroxylation sites is 2. The number of nitrogens with one attached hydrogen (secondary N) is 2. The Morgan fingerprint density at radius 1 is 1.29 bits per heavy atom. The molecular weight excluding hydrogens is 312 g/mol. The van der Waals surface area contributed by atoms with Crippen LogP contribution in [0.2, 0.25) is 0 Å². The Morgan fingerprint density at radius 2 is 1.90 bits per heavy atom. The van der Waals surface area contributed by atoms with Crippen LogP contribution in [0.3, 0.4) is 0 Å². The molecule has 0 aliphatic heterocycles. The molecule has 0 atom stereocenters. The van der Waals surface area contributed by atoms with E-state index < -0.39 is 10.0 Å². The van der Waals surface area contributed by atoms with Gasteiger partial charge in [0.2, 0.25) is 10.0 Å². The lowest BCUT2D eigenvalue weighted by atomic mass is 10.2. The summed E-state index contributed by atoms with van der Waals surface area (Å²) in [5.74, 6) is -0.385. The van der Waals surface area contributed by atoms with E-state index >= 15 is 0 Å². The lowest BCUT2D eigenvalue weighted by Crippen LogP contribution is -2.15. The van der Waals surface area contributed by atoms with Crippen molar-refractivity contribution in [1.29, 1.82) is 0 Å². The van der Waals surface area contributed by atoms with Gasteiger partial charge in [-0.2, -0.15) is 0 Å². The molecule has 112 valence electrons. The van der Waals surface area contributed by atoms with E-state index in [1.807, 2.05) is 0 Å². The second-order valence-electron chi connectivity index (χ2n) is 4.34. The normalized spacial score (nSPS) is 11.1. The Morgan fingerprint density at radius 3 is 2.43 bits per heavy atom. The fourth-order valence-electron chi connectivity index (χ4n) is 1.69. The Labute approximate surface area is 126 Å². The van der Waals surface area contributed by atoms with Crippen molar-refractivity contribution in [2.75, 3.05) is 22.0 Å². The first-order chi connectivity index (χ1) is 9.76. The summed E-state index contributed by atoms with van der Waals surface area (Å²) in [5.41, 5.74) is 6.75. The van der Waals surface area contributed by atoms with E-state index in [2.05, 4.69) is 15.0 Å². The predicted octanol–water partition coefficient (Wildman–Crippen LogP) is 1.66. The van der Waals surface area contributed by atoms with Gasteiger partial charge < -0.3 is 11.1 Å². The molecule has 1 aromatic carbocycles. The number of hydrogen-bond donors (Lipinski definition) is 3. The largest absolute Gasteiger partial charge is 0.375 e. The molecule has 21 heavy (non-hydrogen) atoms. The number of carbonyl (C=O) groups excluding carboxylic acids is 1. The topological polar surface area (TPSA) is 114 Å². The lowest BCUT2D eigenvalue weighted by Gasteiger charge is -2.11. The number of aromatic nitrogens is 1. The number of nitrogens with zero attached hydrogens (tertiary/aromatic N) is 1. The molecule has 0 aliphatic rings. The SMILES string of the molecule is Cc1nc(N)sc1C(=O)Nc1ccccc1NS(C)(=O)=O. The Hall–Kier alpha value is -2.13. The minimum Gasteiger partial charge on any atom is -0.375 e. The summed E-state index contributed by atoms with van der Waals surface area (Å²) >= 11 is 1.08. The highest BCUT2D eigenvalue weighted by atomic mass is 32.2. The molecule has 0 saturated heterocycles. The van der Waals surface area contributed by atoms with Gasteiger partial charge in [-0.3, -0.25) is 9.52 Å². The van der Waals surface area contributed by atoms with Crippen molar-refractivity contribution < 1.29 is 13.2 Å². The van der Waals surface area contributed by atoms with Gasteiger partial charge >= 0.3 is 0 Å². The third kappa shape index (κ3) is 3.92. The van der Waals surface area contributed by atoms with Crippen LogP contribution in [0.1, 0.15) is 15.4 Å². The van der Waals surface area contributed by atoms with Gasteiger partial charge in [-0.25, -0.2) is 13.4 Å². The molecule has 2 rings (SSSR count). The predicted molar refractivity (Wildman–Crippen MR) is 84.1 cm³/mol. The number of rotatable bonds is 4. The molecule has 4 N–H and O–H groups in total. The van der Waals surface area contributed by atoms with Gasteiger partial charge in [0.15, 0.2) is 5.13 Å². The van der Waals surface area contributed by atoms with Crippen molar-refractivity contribution in [1.82, 2.24) is 4.98 Å². The van der Waals surface area contributed by atoms with Crippen LogP contribution >= 0.6 is 11.3 Å². The minimum atomic E-state index is -3.44. The van der Waals surface area contributed by atoms with Crippen LogP contribution in [0.5, 0.6) is 0 Å². The molecule has 1 aromatic heterocycles. The molecule has 9 heteroatoms. The first-order valence-electron chi connectivity index (χ1n) is 5.87. The zero-order chi connectivity index (χ0) is 15.6. The van der Waals surface area contributed by atoms with Gasteiger partial charge in [0.1, 0.15) is 4.88 Å². The maximum atomic E-state index is 12.2. The number of nitrogen functional groups attached to an aromatic ring is 1. The van der Waals surface area contributed by atoms with Crippen LogP contribution in [0.15, 0.2) is 24.3 Å². The molecule has 1 heterocycles. The summed E-state index contributed by atoms with van der Waals surface area (Å²) in [5, 5.41) is 2.96. The van der Waals surface area contributed by atoms with Gasteiger partial charge in [-0.1, -0.05) is 23.5 Å². The molecule has 7 nitrogen and oxygen atoms in total. The Kier molecular flexibility index (Phi) is 4.14. The fraction of sp³-hybridized carbons (Fsp3) is 0.167. The van der Waals surface area contributed by atoms with E-state index in [0.29, 0.717) is 27.1 Å². The minimum absolute atomic E-state index is 0.295. The van der Waals surface area contributed by atoms with Gasteiger partial charge in [0.25, 0.3) is 5.91 Å². The van der Waals surface area contributed by atoms with E-state index in [4.69, 9.17) is 5.73 Å². The van der Waals surface area contributed by atoms with Crippen molar-refractivity contribution in [2.45, 2.75) is 6.92 Å². The molecule has 1 amide bonds. The number of amides is 1. The smallest absolute Gasteiger partial charge is 0.267 e. The van der Waals surface area contributed by atoms with Gasteiger partial charge in [-0.15, -0.1) is 0 Å². The molecule has 2 aromatic rings. The first kappa shape index (κ1) is 15.3.